The quantitative estimate of drug-likeness (QED) is 0.339. The molecule has 12 heavy (non-hydrogen) atoms. The Morgan fingerprint density at radius 3 is 0.250 bits per heavy atom. The van der Waals surface area contributed by atoms with Gasteiger partial charge < -0.3 is 54.0 Å². The summed E-state index contributed by atoms with van der Waals surface area (Å²) in [5.74, 6) is 0. The van der Waals surface area contributed by atoms with Crippen molar-refractivity contribution < 1.29 is 389 Å². The minimum absolute atomic E-state index is 0. The Balaban J connectivity index is 0. The first kappa shape index (κ1) is 83.2. The zero-order chi connectivity index (χ0) is 0. The van der Waals surface area contributed by atoms with E-state index in [2.05, 4.69) is 0 Å². The van der Waals surface area contributed by atoms with Crippen LogP contribution in [-0.4, -0.2) is 0 Å². The summed E-state index contributed by atoms with van der Waals surface area (Å²) < 4.78 is 0. The molecule has 0 nitrogen and oxygen atoms in total. The smallest absolute Gasteiger partial charge is 1.00 e. The second kappa shape index (κ2) is 73.7. The maximum absolute atomic E-state index is 0. The Kier molecular flexibility index (Phi) is 511. The van der Waals surface area contributed by atoms with E-state index in [1.807, 2.05) is 0 Å². The van der Waals surface area contributed by atoms with Crippen LogP contribution in [-0.2, 0) is 54.0 Å². The van der Waals surface area contributed by atoms with Crippen molar-refractivity contribution >= 4 is 54.0 Å². The zero-order valence-corrected chi connectivity index (χ0v) is 36.8. The van der Waals surface area contributed by atoms with Gasteiger partial charge in [-0.1, -0.05) is 0 Å². The van der Waals surface area contributed by atoms with E-state index in [0.717, 1.165) is 0 Å². The maximum atomic E-state index is 0. The van der Waals surface area contributed by atoms with Gasteiger partial charge in [0.25, 0.3) is 0 Å². The number of rotatable bonds is 0. The van der Waals surface area contributed by atoms with Gasteiger partial charge in [0.2, 0.25) is 0 Å². The molecule has 0 spiro atoms. The van der Waals surface area contributed by atoms with Crippen molar-refractivity contribution in [1.29, 1.82) is 0 Å². The third kappa shape index (κ3) is 64.9. The van der Waals surface area contributed by atoms with Crippen molar-refractivity contribution in [2.45, 2.75) is 0 Å². The molecule has 32 valence electrons. The summed E-state index contributed by atoms with van der Waals surface area (Å²) in [5, 5.41) is 0. The molecule has 0 atom stereocenters. The van der Waals surface area contributed by atoms with Crippen LogP contribution in [0.4, 0.5) is 0 Å². The van der Waals surface area contributed by atoms with Gasteiger partial charge in [-0.25, -0.2) is 0 Å². The van der Waals surface area contributed by atoms with Gasteiger partial charge in [0, 0.05) is 0 Å². The molecule has 0 saturated carbocycles. The van der Waals surface area contributed by atoms with Gasteiger partial charge >= 0.3 is 389 Å². The van der Waals surface area contributed by atoms with E-state index in [1.54, 1.807) is 0 Å². The Hall–Kier alpha value is 13.9. The second-order valence-electron chi connectivity index (χ2n) is 0. The van der Waals surface area contributed by atoms with E-state index in [-0.39, 0.29) is 443 Å². The van der Waals surface area contributed by atoms with Gasteiger partial charge in [-0.15, -0.1) is 0 Å². The van der Waals surface area contributed by atoms with Crippen molar-refractivity contribution in [3.05, 3.63) is 0 Å². The van der Waals surface area contributed by atoms with Crippen molar-refractivity contribution in [1.82, 2.24) is 0 Å². The van der Waals surface area contributed by atoms with Gasteiger partial charge in [-0.2, -0.15) is 0 Å². The minimum Gasteiger partial charge on any atom is -2.00 e. The molecule has 12 heteroatoms. The monoisotopic (exact) mass is 424 g/mol. The average Bonchev–Trinajstić information content (AvgIpc) is 0. The first-order valence-electron chi connectivity index (χ1n) is 0. The van der Waals surface area contributed by atoms with Gasteiger partial charge in [-0.3, -0.25) is 0 Å². The summed E-state index contributed by atoms with van der Waals surface area (Å²) in [7, 11) is 0. The van der Waals surface area contributed by atoms with Gasteiger partial charge in [0.05, 0.1) is 0 Å². The predicted molar refractivity (Wildman–Crippen MR) is 29.5 cm³/mol. The van der Waals surface area contributed by atoms with E-state index >= 15 is 0 Å². The molecule has 0 saturated heterocycles. The second-order valence-corrected chi connectivity index (χ2v) is 0. The van der Waals surface area contributed by atoms with Gasteiger partial charge in [0.1, 0.15) is 0 Å². The van der Waals surface area contributed by atoms with Crippen molar-refractivity contribution in [2.24, 2.45) is 0 Å². The Bertz CT molecular complexity index is 15.4. The molecular formula is K7NaS4. The predicted octanol–water partition coefficient (Wildman–Crippen LogP) is -24.0. The van der Waals surface area contributed by atoms with Crippen LogP contribution < -0.4 is 389 Å². The molecule has 0 aromatic carbocycles. The summed E-state index contributed by atoms with van der Waals surface area (Å²) in [4.78, 5) is 0. The van der Waals surface area contributed by atoms with Gasteiger partial charge in [-0.05, 0) is 0 Å². The molecule has 0 aliphatic rings. The molecule has 0 aliphatic heterocycles. The molecule has 0 aromatic rings. The summed E-state index contributed by atoms with van der Waals surface area (Å²) in [6.45, 7) is 0. The topological polar surface area (TPSA) is 0 Å². The van der Waals surface area contributed by atoms with Crippen molar-refractivity contribution in [2.75, 3.05) is 0 Å². The Morgan fingerprint density at radius 1 is 0.250 bits per heavy atom. The molecule has 0 amide bonds. The van der Waals surface area contributed by atoms with Crippen LogP contribution in [0.15, 0.2) is 0 Å². The van der Waals surface area contributed by atoms with Crippen LogP contribution in [0, 0.1) is 0 Å². The van der Waals surface area contributed by atoms with E-state index in [0.29, 0.717) is 0 Å². The Morgan fingerprint density at radius 2 is 0.250 bits per heavy atom. The standard InChI is InChI=1S/7K.Na.4S/q8*+1;4*-2. The summed E-state index contributed by atoms with van der Waals surface area (Å²) in [6.07, 6.45) is 0. The Labute approximate surface area is 425 Å². The van der Waals surface area contributed by atoms with Crippen LogP contribution in [0.5, 0.6) is 0 Å². The van der Waals surface area contributed by atoms with E-state index in [9.17, 15) is 0 Å². The molecule has 0 N–H and O–H groups in total. The number of hydrogen-bond acceptors (Lipinski definition) is 0. The van der Waals surface area contributed by atoms with Crippen LogP contribution >= 0.6 is 0 Å². The fraction of sp³-hybridized carbons (Fsp3) is 0. The van der Waals surface area contributed by atoms with Gasteiger partial charge in [0.15, 0.2) is 0 Å². The molecule has 0 bridgehead atoms. The van der Waals surface area contributed by atoms with E-state index in [1.165, 1.54) is 0 Å². The fourth-order valence-corrected chi connectivity index (χ4v) is 0. The third-order valence-corrected chi connectivity index (χ3v) is 0. The molecule has 0 aliphatic carbocycles. The number of hydrogen-bond donors (Lipinski definition) is 0. The maximum Gasteiger partial charge on any atom is 1.00 e. The largest absolute Gasteiger partial charge is 2.00 e. The molecule has 0 radical (unpaired) electrons. The van der Waals surface area contributed by atoms with Crippen molar-refractivity contribution in [3.63, 3.8) is 0 Å². The van der Waals surface area contributed by atoms with Crippen LogP contribution in [0.25, 0.3) is 0 Å². The summed E-state index contributed by atoms with van der Waals surface area (Å²) >= 11 is 0. The summed E-state index contributed by atoms with van der Waals surface area (Å²) in [6, 6.07) is 0. The molecule has 0 rings (SSSR count). The van der Waals surface area contributed by atoms with E-state index < -0.39 is 0 Å². The van der Waals surface area contributed by atoms with Crippen LogP contribution in [0.1, 0.15) is 0 Å². The molecular weight excluding hydrogens is 425 g/mol. The normalized spacial score (nSPS) is 0. The molecule has 0 unspecified atom stereocenters. The molecule has 0 aromatic heterocycles. The summed E-state index contributed by atoms with van der Waals surface area (Å²) in [5.41, 5.74) is 0. The average molecular weight is 425 g/mol. The van der Waals surface area contributed by atoms with Crippen LogP contribution in [0.2, 0.25) is 0 Å². The van der Waals surface area contributed by atoms with E-state index in [4.69, 9.17) is 0 Å². The first-order valence-corrected chi connectivity index (χ1v) is 0. The third-order valence-electron chi connectivity index (χ3n) is 0. The molecule has 0 heterocycles. The first-order chi connectivity index (χ1) is 0. The fourth-order valence-electron chi connectivity index (χ4n) is 0. The van der Waals surface area contributed by atoms with Crippen molar-refractivity contribution in [3.8, 4) is 0 Å². The molecule has 0 fully saturated rings. The zero-order valence-electron chi connectivity index (χ0n) is 9.63. The SMILES string of the molecule is [K+].[K+].[K+].[K+].[K+].[K+].[K+].[Na+].[S-2].[S-2].[S-2].[S-2]. The minimum atomic E-state index is 0. The van der Waals surface area contributed by atoms with Crippen LogP contribution in [0.3, 0.4) is 0 Å².